The van der Waals surface area contributed by atoms with Crippen molar-refractivity contribution in [1.82, 2.24) is 4.90 Å². The van der Waals surface area contributed by atoms with Gasteiger partial charge in [0, 0.05) is 17.3 Å². The van der Waals surface area contributed by atoms with Crippen molar-refractivity contribution in [2.45, 2.75) is 20.4 Å². The van der Waals surface area contributed by atoms with E-state index in [2.05, 4.69) is 36.5 Å². The number of likely N-dealkylation sites (N-methyl/N-ethyl adjacent to an activating group) is 1. The maximum atomic E-state index is 12.1. The molecule has 0 aromatic heterocycles. The van der Waals surface area contributed by atoms with Crippen LogP contribution in [0.2, 0.25) is 5.02 Å². The van der Waals surface area contributed by atoms with Crippen molar-refractivity contribution in [3.8, 4) is 0 Å². The lowest BCUT2D eigenvalue weighted by molar-refractivity contribution is -0.117. The molecule has 3 nitrogen and oxygen atoms in total. The van der Waals surface area contributed by atoms with E-state index in [-0.39, 0.29) is 5.91 Å². The molecule has 2 aromatic rings. The predicted molar refractivity (Wildman–Crippen MR) is 92.3 cm³/mol. The Morgan fingerprint density at radius 3 is 2.45 bits per heavy atom. The summed E-state index contributed by atoms with van der Waals surface area (Å²) in [6, 6.07) is 13.8. The van der Waals surface area contributed by atoms with Gasteiger partial charge in [0.05, 0.1) is 6.54 Å². The molecular formula is C18H21ClN2O. The maximum absolute atomic E-state index is 12.1. The third kappa shape index (κ3) is 4.86. The Morgan fingerprint density at radius 1 is 1.14 bits per heavy atom. The van der Waals surface area contributed by atoms with Crippen LogP contribution in [0.3, 0.4) is 0 Å². The molecule has 0 atom stereocenters. The fraction of sp³-hybridized carbons (Fsp3) is 0.278. The van der Waals surface area contributed by atoms with E-state index in [9.17, 15) is 4.79 Å². The first kappa shape index (κ1) is 16.5. The van der Waals surface area contributed by atoms with E-state index in [0.717, 1.165) is 17.8 Å². The highest BCUT2D eigenvalue weighted by molar-refractivity contribution is 6.30. The molecule has 1 N–H and O–H groups in total. The molecule has 0 spiro atoms. The van der Waals surface area contributed by atoms with Gasteiger partial charge in [-0.15, -0.1) is 0 Å². The second-order valence-corrected chi connectivity index (χ2v) is 6.10. The first-order valence-electron chi connectivity index (χ1n) is 7.24. The molecule has 0 fully saturated rings. The van der Waals surface area contributed by atoms with Gasteiger partial charge in [-0.3, -0.25) is 9.69 Å². The van der Waals surface area contributed by atoms with Crippen LogP contribution in [-0.4, -0.2) is 24.4 Å². The zero-order chi connectivity index (χ0) is 16.1. The van der Waals surface area contributed by atoms with Crippen molar-refractivity contribution in [2.24, 2.45) is 0 Å². The van der Waals surface area contributed by atoms with Crippen LogP contribution in [0, 0.1) is 13.8 Å². The minimum atomic E-state index is -0.0277. The maximum Gasteiger partial charge on any atom is 0.238 e. The molecule has 0 aliphatic heterocycles. The number of rotatable bonds is 5. The Kier molecular flexibility index (Phi) is 5.58. The van der Waals surface area contributed by atoms with Crippen LogP contribution >= 0.6 is 11.6 Å². The van der Waals surface area contributed by atoms with E-state index < -0.39 is 0 Å². The second-order valence-electron chi connectivity index (χ2n) is 5.67. The van der Waals surface area contributed by atoms with Crippen LogP contribution in [0.5, 0.6) is 0 Å². The number of nitrogens with zero attached hydrogens (tertiary/aromatic N) is 1. The first-order chi connectivity index (χ1) is 10.4. The summed E-state index contributed by atoms with van der Waals surface area (Å²) in [5.74, 6) is -0.0277. The zero-order valence-corrected chi connectivity index (χ0v) is 13.9. The number of anilines is 1. The van der Waals surface area contributed by atoms with Crippen LogP contribution < -0.4 is 5.32 Å². The molecular weight excluding hydrogens is 296 g/mol. The molecule has 1 amide bonds. The quantitative estimate of drug-likeness (QED) is 0.903. The van der Waals surface area contributed by atoms with Crippen molar-refractivity contribution >= 4 is 23.2 Å². The van der Waals surface area contributed by atoms with Gasteiger partial charge in [-0.25, -0.2) is 0 Å². The SMILES string of the molecule is Cc1ccc(CN(C)CC(=O)Nc2ccc(Cl)cc2C)cc1. The third-order valence-electron chi connectivity index (χ3n) is 3.45. The summed E-state index contributed by atoms with van der Waals surface area (Å²) in [5.41, 5.74) is 4.20. The van der Waals surface area contributed by atoms with Crippen LogP contribution in [-0.2, 0) is 11.3 Å². The molecule has 22 heavy (non-hydrogen) atoms. The molecule has 0 heterocycles. The van der Waals surface area contributed by atoms with Gasteiger partial charge in [0.1, 0.15) is 0 Å². The number of carbonyl (C=O) groups is 1. The largest absolute Gasteiger partial charge is 0.325 e. The minimum Gasteiger partial charge on any atom is -0.325 e. The molecule has 4 heteroatoms. The molecule has 0 saturated heterocycles. The van der Waals surface area contributed by atoms with Gasteiger partial charge in [-0.1, -0.05) is 41.4 Å². The Labute approximate surface area is 136 Å². The number of hydrogen-bond donors (Lipinski definition) is 1. The van der Waals surface area contributed by atoms with Gasteiger partial charge >= 0.3 is 0 Å². The summed E-state index contributed by atoms with van der Waals surface area (Å²) in [7, 11) is 1.94. The fourth-order valence-corrected chi connectivity index (χ4v) is 2.49. The topological polar surface area (TPSA) is 32.3 Å². The van der Waals surface area contributed by atoms with Gasteiger partial charge in [0.2, 0.25) is 5.91 Å². The number of nitrogens with one attached hydrogen (secondary N) is 1. The molecule has 0 unspecified atom stereocenters. The van der Waals surface area contributed by atoms with E-state index in [0.29, 0.717) is 11.6 Å². The fourth-order valence-electron chi connectivity index (χ4n) is 2.26. The van der Waals surface area contributed by atoms with Gasteiger partial charge in [-0.2, -0.15) is 0 Å². The smallest absolute Gasteiger partial charge is 0.238 e. The summed E-state index contributed by atoms with van der Waals surface area (Å²) in [6.45, 7) is 5.08. The molecule has 0 radical (unpaired) electrons. The highest BCUT2D eigenvalue weighted by Crippen LogP contribution is 2.19. The van der Waals surface area contributed by atoms with Crippen LogP contribution in [0.1, 0.15) is 16.7 Å². The number of halogens is 1. The highest BCUT2D eigenvalue weighted by atomic mass is 35.5. The van der Waals surface area contributed by atoms with E-state index >= 15 is 0 Å². The molecule has 0 aliphatic carbocycles. The number of benzene rings is 2. The molecule has 116 valence electrons. The average Bonchev–Trinajstić information content (AvgIpc) is 2.44. The molecule has 0 bridgehead atoms. The van der Waals surface area contributed by atoms with Gasteiger partial charge in [0.15, 0.2) is 0 Å². The van der Waals surface area contributed by atoms with Gasteiger partial charge < -0.3 is 5.32 Å². The van der Waals surface area contributed by atoms with Gasteiger partial charge in [0.25, 0.3) is 0 Å². The lowest BCUT2D eigenvalue weighted by Gasteiger charge is -2.17. The third-order valence-corrected chi connectivity index (χ3v) is 3.68. The Morgan fingerprint density at radius 2 is 1.82 bits per heavy atom. The molecule has 2 rings (SSSR count). The standard InChI is InChI=1S/C18H21ClN2O/c1-13-4-6-15(7-5-13)11-21(3)12-18(22)20-17-9-8-16(19)10-14(17)2/h4-10H,11-12H2,1-3H3,(H,20,22). The first-order valence-corrected chi connectivity index (χ1v) is 7.62. The number of hydrogen-bond acceptors (Lipinski definition) is 2. The zero-order valence-electron chi connectivity index (χ0n) is 13.2. The minimum absolute atomic E-state index is 0.0277. The lowest BCUT2D eigenvalue weighted by Crippen LogP contribution is -2.30. The van der Waals surface area contributed by atoms with Crippen LogP contribution in [0.4, 0.5) is 5.69 Å². The number of amides is 1. The molecule has 2 aromatic carbocycles. The van der Waals surface area contributed by atoms with Crippen molar-refractivity contribution in [3.63, 3.8) is 0 Å². The summed E-state index contributed by atoms with van der Waals surface area (Å²) < 4.78 is 0. The van der Waals surface area contributed by atoms with E-state index in [4.69, 9.17) is 11.6 Å². The number of carbonyl (C=O) groups excluding carboxylic acids is 1. The predicted octanol–water partition coefficient (Wildman–Crippen LogP) is 4.03. The monoisotopic (exact) mass is 316 g/mol. The summed E-state index contributed by atoms with van der Waals surface area (Å²) in [4.78, 5) is 14.1. The highest BCUT2D eigenvalue weighted by Gasteiger charge is 2.09. The Balaban J connectivity index is 1.89. The van der Waals surface area contributed by atoms with Crippen LogP contribution in [0.15, 0.2) is 42.5 Å². The number of aryl methyl sites for hydroxylation is 2. The van der Waals surface area contributed by atoms with Crippen LogP contribution in [0.25, 0.3) is 0 Å². The van der Waals surface area contributed by atoms with Gasteiger partial charge in [-0.05, 0) is 50.2 Å². The summed E-state index contributed by atoms with van der Waals surface area (Å²) >= 11 is 5.92. The summed E-state index contributed by atoms with van der Waals surface area (Å²) in [6.07, 6.45) is 0. The van der Waals surface area contributed by atoms with E-state index in [1.54, 1.807) is 6.07 Å². The Bertz CT molecular complexity index is 653. The lowest BCUT2D eigenvalue weighted by atomic mass is 10.1. The van der Waals surface area contributed by atoms with Crippen molar-refractivity contribution in [3.05, 3.63) is 64.2 Å². The average molecular weight is 317 g/mol. The summed E-state index contributed by atoms with van der Waals surface area (Å²) in [5, 5.41) is 3.60. The van der Waals surface area contributed by atoms with Crippen molar-refractivity contribution in [2.75, 3.05) is 18.9 Å². The Hall–Kier alpha value is -1.84. The molecule has 0 saturated carbocycles. The van der Waals surface area contributed by atoms with E-state index in [1.165, 1.54) is 11.1 Å². The molecule has 0 aliphatic rings. The van der Waals surface area contributed by atoms with E-state index in [1.807, 2.05) is 31.0 Å². The van der Waals surface area contributed by atoms with Crippen molar-refractivity contribution < 1.29 is 4.79 Å². The van der Waals surface area contributed by atoms with Crippen molar-refractivity contribution in [1.29, 1.82) is 0 Å². The normalized spacial score (nSPS) is 10.8. The second kappa shape index (κ2) is 7.43.